The minimum atomic E-state index is -0.256. The summed E-state index contributed by atoms with van der Waals surface area (Å²) >= 11 is 0. The molecule has 0 saturated carbocycles. The monoisotopic (exact) mass is 443 g/mol. The number of piperidine rings is 1. The van der Waals surface area contributed by atoms with Gasteiger partial charge in [-0.15, -0.1) is 0 Å². The van der Waals surface area contributed by atoms with Gasteiger partial charge in [-0.25, -0.2) is 19.5 Å². The first-order chi connectivity index (χ1) is 16.0. The highest BCUT2D eigenvalue weighted by Crippen LogP contribution is 2.38. The Morgan fingerprint density at radius 3 is 2.64 bits per heavy atom. The zero-order valence-corrected chi connectivity index (χ0v) is 19.4. The molecule has 2 fully saturated rings. The van der Waals surface area contributed by atoms with Crippen molar-refractivity contribution >= 4 is 28.2 Å². The summed E-state index contributed by atoms with van der Waals surface area (Å²) in [5, 5.41) is 15.8. The van der Waals surface area contributed by atoms with Gasteiger partial charge in [-0.1, -0.05) is 12.1 Å². The first kappa shape index (κ1) is 20.4. The van der Waals surface area contributed by atoms with Crippen LogP contribution >= 0.6 is 0 Å². The van der Waals surface area contributed by atoms with Crippen molar-refractivity contribution in [2.24, 2.45) is 0 Å². The zero-order valence-electron chi connectivity index (χ0n) is 19.4. The molecule has 0 aliphatic carbocycles. The number of hydrogen-bond donors (Lipinski definition) is 1. The van der Waals surface area contributed by atoms with Crippen molar-refractivity contribution in [3.8, 4) is 0 Å². The largest absolute Gasteiger partial charge is 0.389 e. The number of anilines is 2. The van der Waals surface area contributed by atoms with Gasteiger partial charge in [-0.3, -0.25) is 0 Å². The van der Waals surface area contributed by atoms with Crippen molar-refractivity contribution < 1.29 is 5.11 Å². The van der Waals surface area contributed by atoms with E-state index >= 15 is 0 Å². The van der Waals surface area contributed by atoms with E-state index in [1.54, 1.807) is 0 Å². The molecule has 0 unspecified atom stereocenters. The number of β-amino-alcohol motifs (C(OH)–C–C–N with tert-alkyl or cyclic N) is 1. The van der Waals surface area contributed by atoms with Crippen molar-refractivity contribution in [3.63, 3.8) is 0 Å². The molecule has 0 amide bonds. The van der Waals surface area contributed by atoms with Gasteiger partial charge in [0, 0.05) is 42.8 Å². The Labute approximate surface area is 192 Å². The molecular formula is C25H29N7O. The van der Waals surface area contributed by atoms with E-state index in [4.69, 9.17) is 15.1 Å². The summed E-state index contributed by atoms with van der Waals surface area (Å²) in [4.78, 5) is 19.1. The number of aromatic nitrogens is 5. The van der Waals surface area contributed by atoms with Gasteiger partial charge in [-0.2, -0.15) is 5.10 Å². The van der Waals surface area contributed by atoms with Crippen LogP contribution in [0.5, 0.6) is 0 Å². The molecular weight excluding hydrogens is 414 g/mol. The molecule has 0 bridgehead atoms. The number of aryl methyl sites for hydroxylation is 3. The molecule has 8 nitrogen and oxygen atoms in total. The van der Waals surface area contributed by atoms with Crippen LogP contribution in [-0.4, -0.2) is 55.4 Å². The SMILES string of the molecule is Cc1nc(N2CCCC[C@H]2c2cc3nc(N4CC(O)C4)c(C)cn3n2)c2c(C)cccc2n1. The van der Waals surface area contributed by atoms with E-state index in [1.807, 2.05) is 17.6 Å². The quantitative estimate of drug-likeness (QED) is 0.519. The van der Waals surface area contributed by atoms with E-state index in [-0.39, 0.29) is 12.1 Å². The topological polar surface area (TPSA) is 82.7 Å². The number of hydrogen-bond acceptors (Lipinski definition) is 7. The number of fused-ring (bicyclic) bond motifs is 2. The fourth-order valence-electron chi connectivity index (χ4n) is 5.28. The van der Waals surface area contributed by atoms with E-state index in [2.05, 4.69) is 52.9 Å². The molecule has 33 heavy (non-hydrogen) atoms. The Morgan fingerprint density at radius 1 is 0.970 bits per heavy atom. The average molecular weight is 444 g/mol. The standard InChI is InChI=1S/C25H29N7O/c1-15-7-6-8-19-23(15)25(27-17(3)26-19)31-10-5-4-9-21(31)20-11-22-28-24(30-13-18(33)14-30)16(2)12-32(22)29-20/h6-8,11-12,18,21,33H,4-5,9-10,13-14H2,1-3H3/t21-/m0/s1. The summed E-state index contributed by atoms with van der Waals surface area (Å²) in [5.41, 5.74) is 5.13. The summed E-state index contributed by atoms with van der Waals surface area (Å²) in [7, 11) is 0. The molecule has 2 saturated heterocycles. The molecule has 1 atom stereocenters. The van der Waals surface area contributed by atoms with E-state index in [0.717, 1.165) is 64.7 Å². The van der Waals surface area contributed by atoms with Crippen LogP contribution in [0.25, 0.3) is 16.6 Å². The van der Waals surface area contributed by atoms with Gasteiger partial charge >= 0.3 is 0 Å². The normalized spacial score (nSPS) is 19.5. The van der Waals surface area contributed by atoms with Crippen LogP contribution in [0, 0.1) is 20.8 Å². The van der Waals surface area contributed by atoms with Crippen LogP contribution in [-0.2, 0) is 0 Å². The molecule has 2 aliphatic rings. The van der Waals surface area contributed by atoms with Gasteiger partial charge in [0.2, 0.25) is 0 Å². The summed E-state index contributed by atoms with van der Waals surface area (Å²) in [6.07, 6.45) is 5.13. The second kappa shape index (κ2) is 7.66. The van der Waals surface area contributed by atoms with Gasteiger partial charge in [0.05, 0.1) is 23.4 Å². The molecule has 0 radical (unpaired) electrons. The maximum atomic E-state index is 9.71. The van der Waals surface area contributed by atoms with E-state index in [9.17, 15) is 5.11 Å². The molecule has 170 valence electrons. The molecule has 1 aromatic carbocycles. The average Bonchev–Trinajstić information content (AvgIpc) is 3.18. The molecule has 4 aromatic rings. The first-order valence-corrected chi connectivity index (χ1v) is 11.8. The van der Waals surface area contributed by atoms with Crippen LogP contribution in [0.2, 0.25) is 0 Å². The Kier molecular flexibility index (Phi) is 4.72. The van der Waals surface area contributed by atoms with Crippen molar-refractivity contribution in [2.45, 2.75) is 52.2 Å². The van der Waals surface area contributed by atoms with Gasteiger partial charge in [-0.05, 0) is 51.7 Å². The highest BCUT2D eigenvalue weighted by Gasteiger charge is 2.31. The highest BCUT2D eigenvalue weighted by molar-refractivity contribution is 5.92. The van der Waals surface area contributed by atoms with Crippen molar-refractivity contribution in [1.29, 1.82) is 0 Å². The lowest BCUT2D eigenvalue weighted by Crippen LogP contribution is -2.51. The third kappa shape index (κ3) is 3.40. The smallest absolute Gasteiger partial charge is 0.157 e. The molecule has 0 spiro atoms. The third-order valence-electron chi connectivity index (χ3n) is 6.93. The first-order valence-electron chi connectivity index (χ1n) is 11.8. The maximum absolute atomic E-state index is 9.71. The molecule has 1 N–H and O–H groups in total. The fraction of sp³-hybridized carbons (Fsp3) is 0.440. The molecule has 8 heteroatoms. The summed E-state index contributed by atoms with van der Waals surface area (Å²) in [6.45, 7) is 8.38. The Morgan fingerprint density at radius 2 is 1.82 bits per heavy atom. The van der Waals surface area contributed by atoms with Gasteiger partial charge in [0.15, 0.2) is 5.65 Å². The second-order valence-corrected chi connectivity index (χ2v) is 9.45. The third-order valence-corrected chi connectivity index (χ3v) is 6.93. The van der Waals surface area contributed by atoms with Crippen LogP contribution in [0.1, 0.15) is 47.9 Å². The number of nitrogens with zero attached hydrogens (tertiary/aromatic N) is 7. The zero-order chi connectivity index (χ0) is 22.7. The van der Waals surface area contributed by atoms with Gasteiger partial charge in [0.25, 0.3) is 0 Å². The van der Waals surface area contributed by atoms with Crippen molar-refractivity contribution in [3.05, 3.63) is 53.1 Å². The van der Waals surface area contributed by atoms with Crippen molar-refractivity contribution in [2.75, 3.05) is 29.4 Å². The molecule has 2 aliphatic heterocycles. The predicted molar refractivity (Wildman–Crippen MR) is 129 cm³/mol. The van der Waals surface area contributed by atoms with Gasteiger partial charge < -0.3 is 14.9 Å². The number of rotatable bonds is 3. The number of benzene rings is 1. The Balaban J connectivity index is 1.43. The maximum Gasteiger partial charge on any atom is 0.157 e. The van der Waals surface area contributed by atoms with E-state index in [1.165, 1.54) is 12.0 Å². The van der Waals surface area contributed by atoms with E-state index in [0.29, 0.717) is 13.1 Å². The van der Waals surface area contributed by atoms with Crippen molar-refractivity contribution in [1.82, 2.24) is 24.6 Å². The summed E-state index contributed by atoms with van der Waals surface area (Å²) in [5.74, 6) is 2.74. The minimum Gasteiger partial charge on any atom is -0.389 e. The minimum absolute atomic E-state index is 0.146. The lowest BCUT2D eigenvalue weighted by atomic mass is 9.98. The van der Waals surface area contributed by atoms with Gasteiger partial charge in [0.1, 0.15) is 17.5 Å². The Bertz CT molecular complexity index is 1360. The molecule has 3 aromatic heterocycles. The van der Waals surface area contributed by atoms with Crippen LogP contribution in [0.4, 0.5) is 11.6 Å². The second-order valence-electron chi connectivity index (χ2n) is 9.45. The lowest BCUT2D eigenvalue weighted by molar-refractivity contribution is 0.141. The Hall–Kier alpha value is -3.26. The highest BCUT2D eigenvalue weighted by atomic mass is 16.3. The number of aliphatic hydroxyl groups excluding tert-OH is 1. The molecule has 6 rings (SSSR count). The lowest BCUT2D eigenvalue weighted by Gasteiger charge is -2.37. The van der Waals surface area contributed by atoms with Crippen LogP contribution in [0.15, 0.2) is 30.5 Å². The predicted octanol–water partition coefficient (Wildman–Crippen LogP) is 3.51. The summed E-state index contributed by atoms with van der Waals surface area (Å²) < 4.78 is 1.89. The van der Waals surface area contributed by atoms with Crippen LogP contribution < -0.4 is 9.80 Å². The van der Waals surface area contributed by atoms with Crippen LogP contribution in [0.3, 0.4) is 0 Å². The van der Waals surface area contributed by atoms with E-state index < -0.39 is 0 Å². The number of aliphatic hydroxyl groups is 1. The fourth-order valence-corrected chi connectivity index (χ4v) is 5.28. The molecule has 5 heterocycles. The summed E-state index contributed by atoms with van der Waals surface area (Å²) in [6, 6.07) is 8.53.